The van der Waals surface area contributed by atoms with Gasteiger partial charge >= 0.3 is 0 Å². The Kier molecular flexibility index (Phi) is 2.53. The highest BCUT2D eigenvalue weighted by atomic mass is 16.3. The van der Waals surface area contributed by atoms with Gasteiger partial charge in [-0.1, -0.05) is 27.2 Å². The quantitative estimate of drug-likeness (QED) is 0.687. The van der Waals surface area contributed by atoms with Crippen molar-refractivity contribution < 1.29 is 5.11 Å². The number of aliphatic hydroxyl groups is 1. The Labute approximate surface area is 76.2 Å². The van der Waals surface area contributed by atoms with E-state index in [-0.39, 0.29) is 5.41 Å². The molecular formula is C11H22O. The lowest BCUT2D eigenvalue weighted by molar-refractivity contribution is -0.0273. The van der Waals surface area contributed by atoms with Crippen molar-refractivity contribution in [1.29, 1.82) is 0 Å². The zero-order valence-electron chi connectivity index (χ0n) is 8.85. The molecule has 2 atom stereocenters. The van der Waals surface area contributed by atoms with Gasteiger partial charge in [-0.2, -0.15) is 0 Å². The van der Waals surface area contributed by atoms with E-state index in [9.17, 15) is 5.11 Å². The molecular weight excluding hydrogens is 148 g/mol. The van der Waals surface area contributed by atoms with Crippen LogP contribution in [0.2, 0.25) is 0 Å². The summed E-state index contributed by atoms with van der Waals surface area (Å²) >= 11 is 0. The molecule has 72 valence electrons. The van der Waals surface area contributed by atoms with Crippen LogP contribution in [-0.2, 0) is 0 Å². The van der Waals surface area contributed by atoms with Crippen molar-refractivity contribution in [1.82, 2.24) is 0 Å². The minimum atomic E-state index is -0.428. The molecule has 12 heavy (non-hydrogen) atoms. The molecule has 1 aliphatic rings. The van der Waals surface area contributed by atoms with Crippen molar-refractivity contribution in [3.05, 3.63) is 0 Å². The first-order valence-corrected chi connectivity index (χ1v) is 5.14. The number of hydrogen-bond donors (Lipinski definition) is 1. The maximum Gasteiger partial charge on any atom is 0.0675 e. The molecule has 0 aromatic rings. The summed E-state index contributed by atoms with van der Waals surface area (Å²) in [5.74, 6) is 0.650. The second-order valence-corrected chi connectivity index (χ2v) is 5.05. The van der Waals surface area contributed by atoms with Gasteiger partial charge in [0.2, 0.25) is 0 Å². The molecule has 1 aliphatic carbocycles. The highest BCUT2D eigenvalue weighted by Crippen LogP contribution is 2.55. The summed E-state index contributed by atoms with van der Waals surface area (Å²) < 4.78 is 0. The lowest BCUT2D eigenvalue weighted by Gasteiger charge is -2.32. The van der Waals surface area contributed by atoms with Crippen molar-refractivity contribution in [3.8, 4) is 0 Å². The summed E-state index contributed by atoms with van der Waals surface area (Å²) in [4.78, 5) is 0. The van der Waals surface area contributed by atoms with Gasteiger partial charge in [-0.25, -0.2) is 0 Å². The fraction of sp³-hybridized carbons (Fsp3) is 1.00. The van der Waals surface area contributed by atoms with Crippen LogP contribution in [0.15, 0.2) is 0 Å². The number of hydrogen-bond acceptors (Lipinski definition) is 1. The average Bonchev–Trinajstić information content (AvgIpc) is 2.68. The molecule has 0 spiro atoms. The standard InChI is InChI=1S/C11H22O/c1-5-9(2)8-11(4,12)10(3)6-7-10/h9,12H,5-8H2,1-4H3. The lowest BCUT2D eigenvalue weighted by Crippen LogP contribution is -2.36. The summed E-state index contributed by atoms with van der Waals surface area (Å²) in [6.07, 6.45) is 4.54. The van der Waals surface area contributed by atoms with Gasteiger partial charge in [-0.3, -0.25) is 0 Å². The van der Waals surface area contributed by atoms with Crippen LogP contribution in [0.3, 0.4) is 0 Å². The SMILES string of the molecule is CCC(C)CC(C)(O)C1(C)CC1. The first-order valence-electron chi connectivity index (χ1n) is 5.14. The second kappa shape index (κ2) is 3.02. The van der Waals surface area contributed by atoms with E-state index in [4.69, 9.17) is 0 Å². The van der Waals surface area contributed by atoms with Gasteiger partial charge in [-0.05, 0) is 37.5 Å². The van der Waals surface area contributed by atoms with Gasteiger partial charge in [0, 0.05) is 0 Å². The zero-order chi connectivity index (χ0) is 9.41. The molecule has 0 saturated heterocycles. The molecule has 0 heterocycles. The fourth-order valence-electron chi connectivity index (χ4n) is 1.80. The van der Waals surface area contributed by atoms with E-state index in [0.29, 0.717) is 5.92 Å². The molecule has 0 aromatic carbocycles. The summed E-state index contributed by atoms with van der Waals surface area (Å²) in [5.41, 5.74) is -0.196. The van der Waals surface area contributed by atoms with E-state index in [1.54, 1.807) is 0 Å². The fourth-order valence-corrected chi connectivity index (χ4v) is 1.80. The second-order valence-electron chi connectivity index (χ2n) is 5.05. The van der Waals surface area contributed by atoms with Gasteiger partial charge < -0.3 is 5.11 Å². The van der Waals surface area contributed by atoms with Crippen LogP contribution >= 0.6 is 0 Å². The monoisotopic (exact) mass is 170 g/mol. The molecule has 1 nitrogen and oxygen atoms in total. The third kappa shape index (κ3) is 1.82. The average molecular weight is 170 g/mol. The molecule has 0 aliphatic heterocycles. The van der Waals surface area contributed by atoms with Gasteiger partial charge in [-0.15, -0.1) is 0 Å². The summed E-state index contributed by atoms with van der Waals surface area (Å²) in [6.45, 7) is 8.62. The van der Waals surface area contributed by atoms with Crippen molar-refractivity contribution in [3.63, 3.8) is 0 Å². The molecule has 1 fully saturated rings. The number of rotatable bonds is 4. The third-order valence-corrected chi connectivity index (χ3v) is 3.74. The van der Waals surface area contributed by atoms with Crippen molar-refractivity contribution in [2.24, 2.45) is 11.3 Å². The topological polar surface area (TPSA) is 20.2 Å². The minimum absolute atomic E-state index is 0.233. The molecule has 1 saturated carbocycles. The molecule has 0 aromatic heterocycles. The van der Waals surface area contributed by atoms with Crippen molar-refractivity contribution in [2.75, 3.05) is 0 Å². The molecule has 1 N–H and O–H groups in total. The largest absolute Gasteiger partial charge is 0.390 e. The Hall–Kier alpha value is -0.0400. The van der Waals surface area contributed by atoms with Crippen molar-refractivity contribution in [2.45, 2.75) is 59.0 Å². The van der Waals surface area contributed by atoms with Crippen LogP contribution < -0.4 is 0 Å². The van der Waals surface area contributed by atoms with E-state index >= 15 is 0 Å². The molecule has 1 heteroatoms. The van der Waals surface area contributed by atoms with Crippen LogP contribution in [0.1, 0.15) is 53.4 Å². The Balaban J connectivity index is 2.48. The van der Waals surface area contributed by atoms with E-state index in [0.717, 1.165) is 6.42 Å². The zero-order valence-corrected chi connectivity index (χ0v) is 8.85. The summed E-state index contributed by atoms with van der Waals surface area (Å²) in [6, 6.07) is 0. The van der Waals surface area contributed by atoms with Gasteiger partial charge in [0.05, 0.1) is 5.60 Å². The van der Waals surface area contributed by atoms with E-state index < -0.39 is 5.60 Å². The van der Waals surface area contributed by atoms with E-state index in [1.165, 1.54) is 19.3 Å². The van der Waals surface area contributed by atoms with Gasteiger partial charge in [0.25, 0.3) is 0 Å². The van der Waals surface area contributed by atoms with Crippen LogP contribution in [0, 0.1) is 11.3 Å². The summed E-state index contributed by atoms with van der Waals surface area (Å²) in [7, 11) is 0. The maximum atomic E-state index is 10.2. The molecule has 0 amide bonds. The summed E-state index contributed by atoms with van der Waals surface area (Å²) in [5, 5.41) is 10.2. The Morgan fingerprint density at radius 3 is 2.33 bits per heavy atom. The van der Waals surface area contributed by atoms with E-state index in [2.05, 4.69) is 20.8 Å². The molecule has 0 radical (unpaired) electrons. The Morgan fingerprint density at radius 2 is 2.00 bits per heavy atom. The predicted octanol–water partition coefficient (Wildman–Crippen LogP) is 2.97. The lowest BCUT2D eigenvalue weighted by atomic mass is 9.80. The molecule has 0 bridgehead atoms. The van der Waals surface area contributed by atoms with Gasteiger partial charge in [0.1, 0.15) is 0 Å². The first kappa shape index (κ1) is 10.0. The smallest absolute Gasteiger partial charge is 0.0675 e. The van der Waals surface area contributed by atoms with Crippen LogP contribution in [-0.4, -0.2) is 10.7 Å². The molecule has 1 rings (SSSR count). The van der Waals surface area contributed by atoms with Gasteiger partial charge in [0.15, 0.2) is 0 Å². The predicted molar refractivity (Wildman–Crippen MR) is 52.0 cm³/mol. The van der Waals surface area contributed by atoms with Crippen molar-refractivity contribution >= 4 is 0 Å². The highest BCUT2D eigenvalue weighted by Gasteiger charge is 2.52. The van der Waals surface area contributed by atoms with Crippen LogP contribution in [0.25, 0.3) is 0 Å². The van der Waals surface area contributed by atoms with E-state index in [1.807, 2.05) is 6.92 Å². The third-order valence-electron chi connectivity index (χ3n) is 3.74. The van der Waals surface area contributed by atoms with Crippen LogP contribution in [0.5, 0.6) is 0 Å². The Bertz CT molecular complexity index is 156. The van der Waals surface area contributed by atoms with Crippen LogP contribution in [0.4, 0.5) is 0 Å². The Morgan fingerprint density at radius 1 is 1.50 bits per heavy atom. The first-order chi connectivity index (χ1) is 5.41. The highest BCUT2D eigenvalue weighted by molar-refractivity contribution is 5.03. The molecule has 2 unspecified atom stereocenters. The normalized spacial score (nSPS) is 27.8. The minimum Gasteiger partial charge on any atom is -0.390 e. The maximum absolute atomic E-state index is 10.2.